The van der Waals surface area contributed by atoms with Crippen LogP contribution in [0, 0.1) is 11.3 Å². The molecule has 13 heteroatoms. The normalized spacial score (nSPS) is 21.4. The Morgan fingerprint density at radius 3 is 2.32 bits per heavy atom. The molecule has 0 saturated carbocycles. The van der Waals surface area contributed by atoms with E-state index in [1.807, 2.05) is 33.8 Å². The van der Waals surface area contributed by atoms with E-state index in [1.165, 1.54) is 11.0 Å². The molecular formula is C31H36F3N5O4S. The highest BCUT2D eigenvalue weighted by Crippen LogP contribution is 2.40. The van der Waals surface area contributed by atoms with E-state index in [0.29, 0.717) is 37.6 Å². The summed E-state index contributed by atoms with van der Waals surface area (Å²) >= 11 is 5.67. The number of aryl methyl sites for hydroxylation is 1. The molecule has 2 aromatic rings. The van der Waals surface area contributed by atoms with Gasteiger partial charge in [0.15, 0.2) is 5.11 Å². The maximum Gasteiger partial charge on any atom is 0.417 e. The van der Waals surface area contributed by atoms with Gasteiger partial charge in [-0.1, -0.05) is 6.92 Å². The van der Waals surface area contributed by atoms with Crippen LogP contribution in [0.2, 0.25) is 0 Å². The number of benzene rings is 2. The van der Waals surface area contributed by atoms with Crippen molar-refractivity contribution in [2.24, 2.45) is 0 Å². The second kappa shape index (κ2) is 12.2. The Bertz CT molecular complexity index is 1500. The minimum atomic E-state index is -4.78. The second-order valence-corrected chi connectivity index (χ2v) is 12.2. The lowest BCUT2D eigenvalue weighted by Gasteiger charge is -2.45. The van der Waals surface area contributed by atoms with Gasteiger partial charge in [-0.3, -0.25) is 14.6 Å². The fourth-order valence-electron chi connectivity index (χ4n) is 6.00. The molecular weight excluding hydrogens is 595 g/mol. The van der Waals surface area contributed by atoms with Gasteiger partial charge in [0.2, 0.25) is 0 Å². The molecule has 0 aliphatic carbocycles. The maximum absolute atomic E-state index is 13.7. The zero-order valence-electron chi connectivity index (χ0n) is 25.5. The largest absolute Gasteiger partial charge is 0.492 e. The summed E-state index contributed by atoms with van der Waals surface area (Å²) in [5.74, 6) is 0.153. The Kier molecular flexibility index (Phi) is 9.19. The van der Waals surface area contributed by atoms with Gasteiger partial charge in [-0.25, -0.2) is 4.79 Å². The molecule has 2 fully saturated rings. The maximum atomic E-state index is 13.7. The molecule has 236 valence electrons. The molecule has 3 unspecified atom stereocenters. The predicted molar refractivity (Wildman–Crippen MR) is 164 cm³/mol. The molecule has 44 heavy (non-hydrogen) atoms. The number of nitrogens with zero attached hydrogens (tertiary/aromatic N) is 5. The Labute approximate surface area is 260 Å². The van der Waals surface area contributed by atoms with Gasteiger partial charge < -0.3 is 19.6 Å². The van der Waals surface area contributed by atoms with Gasteiger partial charge in [0.25, 0.3) is 5.91 Å². The number of hydrogen-bond donors (Lipinski definition) is 1. The third-order valence-electron chi connectivity index (χ3n) is 8.31. The summed E-state index contributed by atoms with van der Waals surface area (Å²) in [6, 6.07) is 9.80. The molecule has 2 amide bonds. The summed E-state index contributed by atoms with van der Waals surface area (Å²) in [5.41, 5.74) is -1.52. The number of piperazine rings is 1. The Hall–Kier alpha value is -3.89. The number of rotatable bonds is 7. The predicted octanol–water partition coefficient (Wildman–Crippen LogP) is 5.90. The average Bonchev–Trinajstić information content (AvgIpc) is 3.12. The number of carboxylic acid groups (broad SMARTS) is 1. The summed E-state index contributed by atoms with van der Waals surface area (Å²) in [5, 5.41) is 18.7. The van der Waals surface area contributed by atoms with E-state index in [9.17, 15) is 33.1 Å². The summed E-state index contributed by atoms with van der Waals surface area (Å²) in [4.78, 5) is 31.6. The van der Waals surface area contributed by atoms with Gasteiger partial charge in [0, 0.05) is 36.9 Å². The summed E-state index contributed by atoms with van der Waals surface area (Å²) in [6.45, 7) is 12.7. The van der Waals surface area contributed by atoms with Crippen LogP contribution in [0.4, 0.5) is 29.3 Å². The van der Waals surface area contributed by atoms with Crippen LogP contribution >= 0.6 is 12.2 Å². The molecule has 0 spiro atoms. The molecule has 4 rings (SSSR count). The van der Waals surface area contributed by atoms with Crippen molar-refractivity contribution in [1.29, 1.82) is 5.26 Å². The van der Waals surface area contributed by atoms with Gasteiger partial charge in [-0.2, -0.15) is 18.4 Å². The number of anilines is 2. The van der Waals surface area contributed by atoms with Crippen molar-refractivity contribution in [2.75, 3.05) is 29.5 Å². The molecule has 2 saturated heterocycles. The highest BCUT2D eigenvalue weighted by Gasteiger charge is 2.51. The molecule has 2 aliphatic heterocycles. The number of nitriles is 1. The van der Waals surface area contributed by atoms with Crippen molar-refractivity contribution >= 4 is 40.7 Å². The van der Waals surface area contributed by atoms with Crippen molar-refractivity contribution in [3.8, 4) is 11.8 Å². The van der Waals surface area contributed by atoms with E-state index in [-0.39, 0.29) is 28.9 Å². The highest BCUT2D eigenvalue weighted by atomic mass is 32.1. The standard InChI is InChI=1S/C31H36F3N5O4S/c1-7-21-12-24(10-11-26(21)43-17-20(4)36-15-18(2)37(29(41)42)19(3)16-36)39-28(44)38(27(40)30(39,5)6)23-9-8-22(14-35)25(13-23)31(32,33)34/h8-13,18-20H,7,15-17H2,1-6H3,(H,41,42). The van der Waals surface area contributed by atoms with E-state index in [4.69, 9.17) is 17.0 Å². The van der Waals surface area contributed by atoms with Crippen molar-refractivity contribution in [3.05, 3.63) is 53.1 Å². The third-order valence-corrected chi connectivity index (χ3v) is 8.68. The Morgan fingerprint density at radius 1 is 1.16 bits per heavy atom. The van der Waals surface area contributed by atoms with Crippen LogP contribution < -0.4 is 14.5 Å². The number of ether oxygens (including phenoxy) is 1. The minimum absolute atomic E-state index is 0.0190. The smallest absolute Gasteiger partial charge is 0.417 e. The molecule has 2 heterocycles. The number of carbonyl (C=O) groups is 2. The van der Waals surface area contributed by atoms with Gasteiger partial charge in [-0.15, -0.1) is 0 Å². The second-order valence-electron chi connectivity index (χ2n) is 11.8. The molecule has 0 aromatic heterocycles. The number of amides is 2. The van der Waals surface area contributed by atoms with Gasteiger partial charge >= 0.3 is 12.3 Å². The zero-order valence-corrected chi connectivity index (χ0v) is 26.3. The molecule has 1 N–H and O–H groups in total. The molecule has 3 atom stereocenters. The van der Waals surface area contributed by atoms with E-state index in [0.717, 1.165) is 22.6 Å². The lowest BCUT2D eigenvalue weighted by Crippen LogP contribution is -2.60. The molecule has 9 nitrogen and oxygen atoms in total. The fourth-order valence-corrected chi connectivity index (χ4v) is 6.52. The SMILES string of the molecule is CCc1cc(N2C(=S)N(c3ccc(C#N)c(C(F)(F)F)c3)C(=O)C2(C)C)ccc1OCC(C)N1CC(C)N(C(=O)O)C(C)C1. The lowest BCUT2D eigenvalue weighted by molar-refractivity contribution is -0.137. The lowest BCUT2D eigenvalue weighted by atomic mass is 10.0. The summed E-state index contributed by atoms with van der Waals surface area (Å²) < 4.78 is 47.2. The number of thiocarbonyl (C=S) groups is 1. The van der Waals surface area contributed by atoms with E-state index in [1.54, 1.807) is 36.9 Å². The van der Waals surface area contributed by atoms with Gasteiger partial charge in [-0.05, 0) is 95.2 Å². The quantitative estimate of drug-likeness (QED) is 0.378. The van der Waals surface area contributed by atoms with Gasteiger partial charge in [0.05, 0.1) is 22.9 Å². The van der Waals surface area contributed by atoms with Crippen molar-refractivity contribution < 1.29 is 32.6 Å². The first-order valence-corrected chi connectivity index (χ1v) is 14.7. The zero-order chi connectivity index (χ0) is 32.7. The first-order chi connectivity index (χ1) is 20.5. The van der Waals surface area contributed by atoms with E-state index < -0.39 is 34.8 Å². The van der Waals surface area contributed by atoms with Crippen LogP contribution in [0.5, 0.6) is 5.75 Å². The molecule has 2 aromatic carbocycles. The average molecular weight is 632 g/mol. The number of hydrogen-bond acceptors (Lipinski definition) is 6. The van der Waals surface area contributed by atoms with E-state index >= 15 is 0 Å². The minimum Gasteiger partial charge on any atom is -0.492 e. The van der Waals surface area contributed by atoms with Crippen molar-refractivity contribution in [3.63, 3.8) is 0 Å². The van der Waals surface area contributed by atoms with Gasteiger partial charge in [0.1, 0.15) is 17.9 Å². The highest BCUT2D eigenvalue weighted by molar-refractivity contribution is 7.81. The van der Waals surface area contributed by atoms with Crippen molar-refractivity contribution in [1.82, 2.24) is 9.80 Å². The monoisotopic (exact) mass is 631 g/mol. The number of halogens is 3. The van der Waals surface area contributed by atoms with Crippen molar-refractivity contribution in [2.45, 2.75) is 77.8 Å². The van der Waals surface area contributed by atoms with Crippen LogP contribution in [-0.4, -0.2) is 75.4 Å². The molecule has 0 bridgehead atoms. The van der Waals surface area contributed by atoms with Crippen LogP contribution in [0.25, 0.3) is 0 Å². The van der Waals surface area contributed by atoms with Crippen LogP contribution in [0.1, 0.15) is 58.2 Å². The molecule has 2 aliphatic rings. The Morgan fingerprint density at radius 2 is 1.77 bits per heavy atom. The van der Waals surface area contributed by atoms with E-state index in [2.05, 4.69) is 4.90 Å². The number of carbonyl (C=O) groups excluding carboxylic acids is 1. The number of alkyl halides is 3. The summed E-state index contributed by atoms with van der Waals surface area (Å²) in [7, 11) is 0. The van der Waals surface area contributed by atoms with Crippen LogP contribution in [0.3, 0.4) is 0 Å². The first-order valence-electron chi connectivity index (χ1n) is 14.3. The topological polar surface area (TPSA) is 100 Å². The first kappa shape index (κ1) is 33.0. The third kappa shape index (κ3) is 6.05. The molecule has 0 radical (unpaired) electrons. The fraction of sp³-hybridized carbons (Fsp3) is 0.484. The summed E-state index contributed by atoms with van der Waals surface area (Å²) in [6.07, 6.45) is -5.10. The Balaban J connectivity index is 1.55. The van der Waals surface area contributed by atoms with Crippen LogP contribution in [-0.2, 0) is 17.4 Å². The van der Waals surface area contributed by atoms with Crippen LogP contribution in [0.15, 0.2) is 36.4 Å².